The second-order valence-corrected chi connectivity index (χ2v) is 4.29. The molecule has 1 atom stereocenters. The first-order valence-corrected chi connectivity index (χ1v) is 6.56. The minimum Gasteiger partial charge on any atom is -0.355 e. The molecule has 0 saturated carbocycles. The summed E-state index contributed by atoms with van der Waals surface area (Å²) >= 11 is 0. The molecule has 0 aromatic heterocycles. The van der Waals surface area contributed by atoms with E-state index in [0.717, 1.165) is 6.07 Å². The van der Waals surface area contributed by atoms with Gasteiger partial charge < -0.3 is 16.4 Å². The summed E-state index contributed by atoms with van der Waals surface area (Å²) in [5.41, 5.74) is 5.72. The number of halogens is 1. The summed E-state index contributed by atoms with van der Waals surface area (Å²) < 4.78 is 13.3. The Labute approximate surface area is 123 Å². The highest BCUT2D eigenvalue weighted by atomic mass is 19.1. The lowest BCUT2D eigenvalue weighted by Gasteiger charge is -2.14. The molecule has 6 heteroatoms. The molecule has 0 heterocycles. The van der Waals surface area contributed by atoms with Crippen molar-refractivity contribution in [2.24, 2.45) is 5.73 Å². The lowest BCUT2D eigenvalue weighted by Crippen LogP contribution is -2.44. The van der Waals surface area contributed by atoms with E-state index in [-0.39, 0.29) is 18.0 Å². The number of likely N-dealkylation sites (N-methyl/N-ethyl adjacent to an activating group) is 1. The number of rotatable bonds is 4. The Morgan fingerprint density at radius 1 is 1.43 bits per heavy atom. The first kappa shape index (κ1) is 16.7. The van der Waals surface area contributed by atoms with Crippen molar-refractivity contribution in [2.75, 3.05) is 13.1 Å². The van der Waals surface area contributed by atoms with Crippen LogP contribution in [0.3, 0.4) is 0 Å². The Kier molecular flexibility index (Phi) is 6.37. The summed E-state index contributed by atoms with van der Waals surface area (Å²) in [4.78, 5) is 23.7. The van der Waals surface area contributed by atoms with Crippen molar-refractivity contribution >= 4 is 11.8 Å². The van der Waals surface area contributed by atoms with Gasteiger partial charge in [-0.15, -0.1) is 0 Å². The molecule has 0 radical (unpaired) electrons. The predicted molar refractivity (Wildman–Crippen MR) is 77.9 cm³/mol. The summed E-state index contributed by atoms with van der Waals surface area (Å²) in [5.74, 6) is 3.90. The summed E-state index contributed by atoms with van der Waals surface area (Å²) in [6, 6.07) is 2.98. The fourth-order valence-corrected chi connectivity index (χ4v) is 1.63. The highest BCUT2D eigenvalue weighted by Gasteiger charge is 2.18. The first-order valence-electron chi connectivity index (χ1n) is 6.56. The summed E-state index contributed by atoms with van der Waals surface area (Å²) in [5, 5.41) is 5.10. The third-order valence-electron chi connectivity index (χ3n) is 2.64. The number of hydrogen-bond acceptors (Lipinski definition) is 3. The maximum atomic E-state index is 13.3. The standard InChI is InChI=1S/C15H18FN3O2/c1-3-18-14(20)10(2)19-15(21)13-9-12(16)7-6-11(13)5-4-8-17/h6-7,9-10H,3,8,17H2,1-2H3,(H,18,20)(H,19,21). The fraction of sp³-hybridized carbons (Fsp3) is 0.333. The van der Waals surface area contributed by atoms with E-state index in [2.05, 4.69) is 22.5 Å². The van der Waals surface area contributed by atoms with Crippen LogP contribution in [0.1, 0.15) is 29.8 Å². The van der Waals surface area contributed by atoms with Crippen molar-refractivity contribution in [3.63, 3.8) is 0 Å². The van der Waals surface area contributed by atoms with Crippen molar-refractivity contribution in [3.8, 4) is 11.8 Å². The molecule has 0 saturated heterocycles. The Morgan fingerprint density at radius 3 is 2.76 bits per heavy atom. The molecule has 0 aliphatic carbocycles. The molecule has 1 unspecified atom stereocenters. The zero-order chi connectivity index (χ0) is 15.8. The van der Waals surface area contributed by atoms with Crippen molar-refractivity contribution < 1.29 is 14.0 Å². The van der Waals surface area contributed by atoms with Gasteiger partial charge in [-0.05, 0) is 32.0 Å². The SMILES string of the molecule is CCNC(=O)C(C)NC(=O)c1cc(F)ccc1C#CCN. The van der Waals surface area contributed by atoms with Gasteiger partial charge in [0.05, 0.1) is 12.1 Å². The summed E-state index contributed by atoms with van der Waals surface area (Å²) in [7, 11) is 0. The van der Waals surface area contributed by atoms with Gasteiger partial charge in [-0.3, -0.25) is 9.59 Å². The summed E-state index contributed by atoms with van der Waals surface area (Å²) in [6.45, 7) is 3.92. The van der Waals surface area contributed by atoms with Gasteiger partial charge in [0.15, 0.2) is 0 Å². The number of carbonyl (C=O) groups excluding carboxylic acids is 2. The minimum atomic E-state index is -0.726. The molecule has 5 nitrogen and oxygen atoms in total. The average Bonchev–Trinajstić information content (AvgIpc) is 2.46. The Bertz CT molecular complexity index is 590. The van der Waals surface area contributed by atoms with E-state index in [1.54, 1.807) is 13.8 Å². The first-order chi connectivity index (χ1) is 9.99. The van der Waals surface area contributed by atoms with E-state index in [0.29, 0.717) is 12.1 Å². The van der Waals surface area contributed by atoms with Crippen molar-refractivity contribution in [2.45, 2.75) is 19.9 Å². The van der Waals surface area contributed by atoms with E-state index < -0.39 is 17.8 Å². The molecule has 0 bridgehead atoms. The molecule has 4 N–H and O–H groups in total. The maximum absolute atomic E-state index is 13.3. The smallest absolute Gasteiger partial charge is 0.253 e. The predicted octanol–water partition coefficient (Wildman–Crippen LogP) is 0.390. The minimum absolute atomic E-state index is 0.0760. The molecule has 21 heavy (non-hydrogen) atoms. The number of benzene rings is 1. The van der Waals surface area contributed by atoms with E-state index in [9.17, 15) is 14.0 Å². The molecule has 1 aromatic carbocycles. The third-order valence-corrected chi connectivity index (χ3v) is 2.64. The lowest BCUT2D eigenvalue weighted by atomic mass is 10.1. The second-order valence-electron chi connectivity index (χ2n) is 4.29. The van der Waals surface area contributed by atoms with Crippen LogP contribution < -0.4 is 16.4 Å². The van der Waals surface area contributed by atoms with E-state index in [1.807, 2.05) is 0 Å². The Hall–Kier alpha value is -2.39. The van der Waals surface area contributed by atoms with Gasteiger partial charge in [0.25, 0.3) is 5.91 Å². The number of nitrogens with one attached hydrogen (secondary N) is 2. The van der Waals surface area contributed by atoms with Gasteiger partial charge in [-0.1, -0.05) is 11.8 Å². The van der Waals surface area contributed by atoms with E-state index >= 15 is 0 Å². The van der Waals surface area contributed by atoms with Crippen LogP contribution in [0.2, 0.25) is 0 Å². The third kappa shape index (κ3) is 4.89. The quantitative estimate of drug-likeness (QED) is 0.702. The number of nitrogens with two attached hydrogens (primary N) is 1. The Morgan fingerprint density at radius 2 is 2.14 bits per heavy atom. The molecule has 0 spiro atoms. The van der Waals surface area contributed by atoms with Crippen LogP contribution in [0, 0.1) is 17.7 Å². The summed E-state index contributed by atoms with van der Waals surface area (Å²) in [6.07, 6.45) is 0. The number of hydrogen-bond donors (Lipinski definition) is 3. The molecule has 112 valence electrons. The zero-order valence-corrected chi connectivity index (χ0v) is 12.0. The van der Waals surface area contributed by atoms with Gasteiger partial charge in [0.2, 0.25) is 5.91 Å². The van der Waals surface area contributed by atoms with Crippen LogP contribution in [-0.4, -0.2) is 30.9 Å². The molecule has 0 aliphatic rings. The van der Waals surface area contributed by atoms with Crippen LogP contribution in [0.4, 0.5) is 4.39 Å². The van der Waals surface area contributed by atoms with Gasteiger partial charge in [0, 0.05) is 12.1 Å². The number of carbonyl (C=O) groups is 2. The van der Waals surface area contributed by atoms with Crippen LogP contribution in [-0.2, 0) is 4.79 Å². The zero-order valence-electron chi connectivity index (χ0n) is 12.0. The molecule has 2 amide bonds. The lowest BCUT2D eigenvalue weighted by molar-refractivity contribution is -0.122. The van der Waals surface area contributed by atoms with Gasteiger partial charge >= 0.3 is 0 Å². The van der Waals surface area contributed by atoms with Crippen LogP contribution in [0.5, 0.6) is 0 Å². The normalized spacial score (nSPS) is 11.0. The molecule has 0 aliphatic heterocycles. The maximum Gasteiger partial charge on any atom is 0.253 e. The molecule has 1 aromatic rings. The van der Waals surface area contributed by atoms with Gasteiger partial charge in [-0.2, -0.15) is 0 Å². The van der Waals surface area contributed by atoms with Crippen LogP contribution in [0.25, 0.3) is 0 Å². The fourth-order valence-electron chi connectivity index (χ4n) is 1.63. The van der Waals surface area contributed by atoms with Crippen molar-refractivity contribution in [3.05, 3.63) is 35.1 Å². The van der Waals surface area contributed by atoms with Gasteiger partial charge in [0.1, 0.15) is 11.9 Å². The molecular formula is C15H18FN3O2. The van der Waals surface area contributed by atoms with Crippen LogP contribution in [0.15, 0.2) is 18.2 Å². The molecule has 1 rings (SSSR count). The number of amides is 2. The highest BCUT2D eigenvalue weighted by molar-refractivity contribution is 5.99. The van der Waals surface area contributed by atoms with E-state index in [1.165, 1.54) is 12.1 Å². The van der Waals surface area contributed by atoms with E-state index in [4.69, 9.17) is 5.73 Å². The van der Waals surface area contributed by atoms with Crippen molar-refractivity contribution in [1.82, 2.24) is 10.6 Å². The Balaban J connectivity index is 2.96. The average molecular weight is 291 g/mol. The highest BCUT2D eigenvalue weighted by Crippen LogP contribution is 2.10. The van der Waals surface area contributed by atoms with Crippen molar-refractivity contribution in [1.29, 1.82) is 0 Å². The second kappa shape index (κ2) is 8.02. The molecular weight excluding hydrogens is 273 g/mol. The van der Waals surface area contributed by atoms with Gasteiger partial charge in [-0.25, -0.2) is 4.39 Å². The largest absolute Gasteiger partial charge is 0.355 e. The van der Waals surface area contributed by atoms with Crippen LogP contribution >= 0.6 is 0 Å². The topological polar surface area (TPSA) is 84.2 Å². The monoisotopic (exact) mass is 291 g/mol. The molecule has 0 fully saturated rings.